The van der Waals surface area contributed by atoms with Crippen molar-refractivity contribution in [3.8, 4) is 0 Å². The molecule has 0 saturated heterocycles. The van der Waals surface area contributed by atoms with Crippen LogP contribution < -0.4 is 16.0 Å². The fourth-order valence-electron chi connectivity index (χ4n) is 2.07. The van der Waals surface area contributed by atoms with Crippen LogP contribution in [0.4, 0.5) is 5.95 Å². The molecule has 0 aliphatic carbocycles. The predicted molar refractivity (Wildman–Crippen MR) is 65.9 cm³/mol. The Morgan fingerprint density at radius 3 is 2.89 bits per heavy atom. The van der Waals surface area contributed by atoms with Crippen molar-refractivity contribution in [3.63, 3.8) is 0 Å². The maximum Gasteiger partial charge on any atom is 0.282 e. The van der Waals surface area contributed by atoms with Crippen LogP contribution in [0.5, 0.6) is 0 Å². The summed E-state index contributed by atoms with van der Waals surface area (Å²) in [7, 11) is -3.82. The molecule has 1 aromatic carbocycles. The molecule has 1 aromatic heterocycles. The fourth-order valence-corrected chi connectivity index (χ4v) is 2.61. The van der Waals surface area contributed by atoms with Gasteiger partial charge in [-0.25, -0.2) is 13.6 Å². The summed E-state index contributed by atoms with van der Waals surface area (Å²) in [4.78, 5) is 15.6. The number of primary sulfonamides is 1. The van der Waals surface area contributed by atoms with E-state index in [1.807, 2.05) is 4.57 Å². The molecule has 2 aromatic rings. The molecule has 0 spiro atoms. The second kappa shape index (κ2) is 3.53. The molecule has 0 atom stereocenters. The van der Waals surface area contributed by atoms with Gasteiger partial charge in [0.2, 0.25) is 16.0 Å². The lowest BCUT2D eigenvalue weighted by Crippen LogP contribution is -2.16. The van der Waals surface area contributed by atoms with Gasteiger partial charge in [0.1, 0.15) is 0 Å². The van der Waals surface area contributed by atoms with Crippen LogP contribution in [0.25, 0.3) is 10.9 Å². The molecule has 8 heteroatoms. The number of nitrogens with two attached hydrogens (primary N) is 1. The van der Waals surface area contributed by atoms with Gasteiger partial charge in [0.25, 0.3) is 5.56 Å². The topological polar surface area (TPSA) is 107 Å². The molecule has 0 bridgehead atoms. The first-order valence-corrected chi connectivity index (χ1v) is 6.83. The number of hydrogen-bond donors (Lipinski definition) is 2. The van der Waals surface area contributed by atoms with E-state index in [1.54, 1.807) is 6.07 Å². The highest BCUT2D eigenvalue weighted by atomic mass is 32.2. The molecular formula is C10H10N4O3S. The largest absolute Gasteiger partial charge is 0.354 e. The van der Waals surface area contributed by atoms with Crippen LogP contribution >= 0.6 is 0 Å². The predicted octanol–water partition coefficient (Wildman–Crippen LogP) is -0.531. The molecule has 0 radical (unpaired) electrons. The molecule has 0 saturated carbocycles. The van der Waals surface area contributed by atoms with Crippen LogP contribution in [0.15, 0.2) is 27.9 Å². The molecule has 3 rings (SSSR count). The van der Waals surface area contributed by atoms with E-state index in [4.69, 9.17) is 5.14 Å². The minimum absolute atomic E-state index is 0.0830. The van der Waals surface area contributed by atoms with E-state index in [2.05, 4.69) is 10.3 Å². The Morgan fingerprint density at radius 2 is 2.17 bits per heavy atom. The standard InChI is InChI=1S/C10H10N4O3S/c11-18(16,17)6-1-2-8-7(5-6)9(15)13-10-12-3-4-14(8)10/h1-2,5H,3-4H2,(H2,11,16,17)(H,12,13,15). The van der Waals surface area contributed by atoms with Crippen molar-refractivity contribution in [2.75, 3.05) is 11.9 Å². The van der Waals surface area contributed by atoms with E-state index in [9.17, 15) is 13.2 Å². The van der Waals surface area contributed by atoms with Gasteiger partial charge in [-0.2, -0.15) is 4.98 Å². The summed E-state index contributed by atoms with van der Waals surface area (Å²) >= 11 is 0. The molecular weight excluding hydrogens is 256 g/mol. The molecule has 0 unspecified atom stereocenters. The van der Waals surface area contributed by atoms with Gasteiger partial charge in [0, 0.05) is 13.1 Å². The molecule has 7 nitrogen and oxygen atoms in total. The van der Waals surface area contributed by atoms with Crippen molar-refractivity contribution in [2.24, 2.45) is 5.14 Å². The van der Waals surface area contributed by atoms with Crippen LogP contribution in [-0.2, 0) is 16.6 Å². The van der Waals surface area contributed by atoms with Crippen molar-refractivity contribution in [2.45, 2.75) is 11.4 Å². The number of rotatable bonds is 1. The first kappa shape index (κ1) is 11.2. The van der Waals surface area contributed by atoms with Crippen molar-refractivity contribution in [1.29, 1.82) is 0 Å². The van der Waals surface area contributed by atoms with E-state index in [-0.39, 0.29) is 10.3 Å². The molecule has 2 heterocycles. The second-order valence-electron chi connectivity index (χ2n) is 4.04. The molecule has 3 N–H and O–H groups in total. The minimum atomic E-state index is -3.82. The Hall–Kier alpha value is -1.93. The average molecular weight is 266 g/mol. The third kappa shape index (κ3) is 1.57. The first-order chi connectivity index (χ1) is 8.47. The lowest BCUT2D eigenvalue weighted by atomic mass is 10.2. The molecule has 18 heavy (non-hydrogen) atoms. The Bertz CT molecular complexity index is 810. The molecule has 0 fully saturated rings. The van der Waals surface area contributed by atoms with E-state index in [0.717, 1.165) is 0 Å². The Labute approximate surface area is 102 Å². The number of sulfonamides is 1. The Morgan fingerprint density at radius 1 is 1.39 bits per heavy atom. The van der Waals surface area contributed by atoms with E-state index in [1.165, 1.54) is 12.1 Å². The van der Waals surface area contributed by atoms with Gasteiger partial charge in [-0.05, 0) is 18.2 Å². The minimum Gasteiger partial charge on any atom is -0.354 e. The summed E-state index contributed by atoms with van der Waals surface area (Å²) in [5, 5.41) is 8.29. The van der Waals surface area contributed by atoms with Crippen molar-refractivity contribution in [3.05, 3.63) is 28.6 Å². The van der Waals surface area contributed by atoms with Crippen LogP contribution in [0.1, 0.15) is 0 Å². The number of nitrogens with zero attached hydrogens (tertiary/aromatic N) is 2. The lowest BCUT2D eigenvalue weighted by molar-refractivity contribution is 0.598. The quantitative estimate of drug-likeness (QED) is 0.721. The second-order valence-corrected chi connectivity index (χ2v) is 5.60. The van der Waals surface area contributed by atoms with Gasteiger partial charge in [-0.15, -0.1) is 0 Å². The van der Waals surface area contributed by atoms with Crippen LogP contribution in [-0.4, -0.2) is 24.5 Å². The van der Waals surface area contributed by atoms with Crippen LogP contribution in [0, 0.1) is 0 Å². The summed E-state index contributed by atoms with van der Waals surface area (Å²) in [5.74, 6) is 0.510. The zero-order chi connectivity index (χ0) is 12.9. The van der Waals surface area contributed by atoms with Gasteiger partial charge in [-0.1, -0.05) is 0 Å². The summed E-state index contributed by atoms with van der Waals surface area (Å²) < 4.78 is 24.4. The highest BCUT2D eigenvalue weighted by molar-refractivity contribution is 7.89. The van der Waals surface area contributed by atoms with Crippen molar-refractivity contribution >= 4 is 26.9 Å². The zero-order valence-corrected chi connectivity index (χ0v) is 10.1. The fraction of sp³-hybridized carbons (Fsp3) is 0.200. The maximum atomic E-state index is 11.8. The molecule has 0 amide bonds. The summed E-state index contributed by atoms with van der Waals surface area (Å²) in [6, 6.07) is 4.24. The van der Waals surface area contributed by atoms with E-state index >= 15 is 0 Å². The lowest BCUT2D eigenvalue weighted by Gasteiger charge is -2.07. The SMILES string of the molecule is NS(=O)(=O)c1ccc2c(c1)c(=O)nc1n2CCN1. The van der Waals surface area contributed by atoms with Gasteiger partial charge < -0.3 is 9.88 Å². The Balaban J connectivity index is 2.41. The number of aromatic nitrogens is 2. The van der Waals surface area contributed by atoms with Gasteiger partial charge in [0.05, 0.1) is 15.8 Å². The van der Waals surface area contributed by atoms with Crippen LogP contribution in [0.3, 0.4) is 0 Å². The van der Waals surface area contributed by atoms with Gasteiger partial charge >= 0.3 is 0 Å². The smallest absolute Gasteiger partial charge is 0.282 e. The van der Waals surface area contributed by atoms with E-state index in [0.29, 0.717) is 24.6 Å². The monoisotopic (exact) mass is 266 g/mol. The molecule has 94 valence electrons. The number of anilines is 1. The highest BCUT2D eigenvalue weighted by Gasteiger charge is 2.17. The number of fused-ring (bicyclic) bond motifs is 3. The summed E-state index contributed by atoms with van der Waals surface area (Å²) in [6.07, 6.45) is 0. The number of hydrogen-bond acceptors (Lipinski definition) is 5. The number of nitrogens with one attached hydrogen (secondary N) is 1. The van der Waals surface area contributed by atoms with Crippen molar-refractivity contribution in [1.82, 2.24) is 9.55 Å². The summed E-state index contributed by atoms with van der Waals surface area (Å²) in [6.45, 7) is 1.39. The Kier molecular flexibility index (Phi) is 2.19. The number of benzene rings is 1. The maximum absolute atomic E-state index is 11.8. The van der Waals surface area contributed by atoms with Crippen LogP contribution in [0.2, 0.25) is 0 Å². The highest BCUT2D eigenvalue weighted by Crippen LogP contribution is 2.20. The molecule has 1 aliphatic heterocycles. The normalized spacial score (nSPS) is 14.5. The molecule has 1 aliphatic rings. The van der Waals surface area contributed by atoms with Gasteiger partial charge in [0.15, 0.2) is 0 Å². The zero-order valence-electron chi connectivity index (χ0n) is 9.25. The third-order valence-electron chi connectivity index (χ3n) is 2.90. The average Bonchev–Trinajstić information content (AvgIpc) is 2.75. The summed E-state index contributed by atoms with van der Waals surface area (Å²) in [5.41, 5.74) is 0.193. The van der Waals surface area contributed by atoms with E-state index < -0.39 is 15.6 Å². The first-order valence-electron chi connectivity index (χ1n) is 5.28. The third-order valence-corrected chi connectivity index (χ3v) is 3.81. The van der Waals surface area contributed by atoms with Gasteiger partial charge in [-0.3, -0.25) is 4.79 Å². The van der Waals surface area contributed by atoms with Crippen molar-refractivity contribution < 1.29 is 8.42 Å².